The SMILES string of the molecule is COC=Cc1ccc(-c2cnccn2)cc1. The van der Waals surface area contributed by atoms with Crippen LogP contribution in [0.3, 0.4) is 0 Å². The Labute approximate surface area is 94.4 Å². The van der Waals surface area contributed by atoms with Crippen LogP contribution in [0.2, 0.25) is 0 Å². The van der Waals surface area contributed by atoms with E-state index in [-0.39, 0.29) is 0 Å². The maximum absolute atomic E-state index is 4.86. The molecule has 0 fully saturated rings. The topological polar surface area (TPSA) is 35.0 Å². The number of benzene rings is 1. The van der Waals surface area contributed by atoms with Gasteiger partial charge in [-0.1, -0.05) is 24.3 Å². The quantitative estimate of drug-likeness (QED) is 0.734. The Hall–Kier alpha value is -2.16. The Kier molecular flexibility index (Phi) is 3.28. The molecule has 1 heterocycles. The van der Waals surface area contributed by atoms with E-state index in [1.807, 2.05) is 30.3 Å². The lowest BCUT2D eigenvalue weighted by molar-refractivity contribution is 0.341. The fourth-order valence-corrected chi connectivity index (χ4v) is 1.36. The third-order valence-corrected chi connectivity index (χ3v) is 2.17. The van der Waals surface area contributed by atoms with Crippen LogP contribution in [0.25, 0.3) is 17.3 Å². The fourth-order valence-electron chi connectivity index (χ4n) is 1.36. The van der Waals surface area contributed by atoms with Gasteiger partial charge < -0.3 is 4.74 Å². The first-order valence-corrected chi connectivity index (χ1v) is 4.96. The van der Waals surface area contributed by atoms with Crippen molar-refractivity contribution in [2.45, 2.75) is 0 Å². The normalized spacial score (nSPS) is 10.6. The van der Waals surface area contributed by atoms with Crippen LogP contribution < -0.4 is 0 Å². The Morgan fingerprint density at radius 2 is 1.94 bits per heavy atom. The van der Waals surface area contributed by atoms with Gasteiger partial charge in [-0.25, -0.2) is 0 Å². The first-order chi connectivity index (χ1) is 7.90. The van der Waals surface area contributed by atoms with E-state index >= 15 is 0 Å². The van der Waals surface area contributed by atoms with Crippen molar-refractivity contribution in [2.24, 2.45) is 0 Å². The van der Waals surface area contributed by atoms with Gasteiger partial charge in [0, 0.05) is 18.0 Å². The molecule has 80 valence electrons. The highest BCUT2D eigenvalue weighted by Crippen LogP contribution is 2.16. The molecule has 0 aliphatic heterocycles. The standard InChI is InChI=1S/C13H12N2O/c1-16-9-6-11-2-4-12(5-3-11)13-10-14-7-8-15-13/h2-10H,1H3. The number of hydrogen-bond donors (Lipinski definition) is 0. The van der Waals surface area contributed by atoms with Crippen LogP contribution >= 0.6 is 0 Å². The number of methoxy groups -OCH3 is 1. The highest BCUT2D eigenvalue weighted by molar-refractivity contribution is 5.61. The maximum atomic E-state index is 4.86. The van der Waals surface area contributed by atoms with Gasteiger partial charge in [0.25, 0.3) is 0 Å². The van der Waals surface area contributed by atoms with Crippen LogP contribution in [0, 0.1) is 0 Å². The zero-order valence-corrected chi connectivity index (χ0v) is 9.00. The molecule has 0 bridgehead atoms. The van der Waals surface area contributed by atoms with Gasteiger partial charge in [0.1, 0.15) is 0 Å². The summed E-state index contributed by atoms with van der Waals surface area (Å²) in [7, 11) is 1.63. The van der Waals surface area contributed by atoms with Crippen LogP contribution in [0.1, 0.15) is 5.56 Å². The Morgan fingerprint density at radius 3 is 2.56 bits per heavy atom. The Bertz CT molecular complexity index is 463. The first kappa shape index (κ1) is 10.4. The van der Waals surface area contributed by atoms with Gasteiger partial charge in [-0.3, -0.25) is 9.97 Å². The van der Waals surface area contributed by atoms with Crippen LogP contribution in [-0.2, 0) is 4.74 Å². The van der Waals surface area contributed by atoms with Crippen molar-refractivity contribution in [1.82, 2.24) is 9.97 Å². The molecule has 0 amide bonds. The van der Waals surface area contributed by atoms with Gasteiger partial charge in [0.2, 0.25) is 0 Å². The van der Waals surface area contributed by atoms with E-state index in [9.17, 15) is 0 Å². The summed E-state index contributed by atoms with van der Waals surface area (Å²) >= 11 is 0. The van der Waals surface area contributed by atoms with Gasteiger partial charge in [-0.15, -0.1) is 0 Å². The monoisotopic (exact) mass is 212 g/mol. The van der Waals surface area contributed by atoms with Crippen molar-refractivity contribution in [3.63, 3.8) is 0 Å². The fraction of sp³-hybridized carbons (Fsp3) is 0.0769. The average Bonchev–Trinajstić information content (AvgIpc) is 2.38. The summed E-state index contributed by atoms with van der Waals surface area (Å²) in [5.74, 6) is 0. The largest absolute Gasteiger partial charge is 0.504 e. The highest BCUT2D eigenvalue weighted by Gasteiger charge is 1.97. The lowest BCUT2D eigenvalue weighted by Gasteiger charge is -2.00. The molecule has 1 aromatic heterocycles. The molecular weight excluding hydrogens is 200 g/mol. The lowest BCUT2D eigenvalue weighted by Crippen LogP contribution is -1.84. The molecule has 0 unspecified atom stereocenters. The first-order valence-electron chi connectivity index (χ1n) is 4.96. The zero-order chi connectivity index (χ0) is 11.2. The minimum atomic E-state index is 0.879. The van der Waals surface area contributed by atoms with Crippen LogP contribution in [0.5, 0.6) is 0 Å². The molecule has 2 rings (SSSR count). The average molecular weight is 212 g/mol. The summed E-state index contributed by atoms with van der Waals surface area (Å²) in [5.41, 5.74) is 3.03. The van der Waals surface area contributed by atoms with Crippen molar-refractivity contribution in [1.29, 1.82) is 0 Å². The van der Waals surface area contributed by atoms with Crippen molar-refractivity contribution < 1.29 is 4.74 Å². The van der Waals surface area contributed by atoms with E-state index in [1.165, 1.54) is 0 Å². The molecular formula is C13H12N2O. The molecule has 0 saturated carbocycles. The van der Waals surface area contributed by atoms with Gasteiger partial charge in [-0.05, 0) is 11.6 Å². The summed E-state index contributed by atoms with van der Waals surface area (Å²) in [5, 5.41) is 0. The third kappa shape index (κ3) is 2.45. The molecule has 3 nitrogen and oxygen atoms in total. The second-order valence-corrected chi connectivity index (χ2v) is 3.25. The molecule has 2 aromatic rings. The van der Waals surface area contributed by atoms with E-state index < -0.39 is 0 Å². The molecule has 0 spiro atoms. The second kappa shape index (κ2) is 5.07. The van der Waals surface area contributed by atoms with Gasteiger partial charge in [0.15, 0.2) is 0 Å². The molecule has 0 aliphatic rings. The molecule has 1 aromatic carbocycles. The Balaban J connectivity index is 2.23. The number of rotatable bonds is 3. The molecule has 0 atom stereocenters. The molecule has 0 saturated heterocycles. The van der Waals surface area contributed by atoms with Crippen molar-refractivity contribution >= 4 is 6.08 Å². The van der Waals surface area contributed by atoms with Crippen LogP contribution in [-0.4, -0.2) is 17.1 Å². The van der Waals surface area contributed by atoms with Gasteiger partial charge >= 0.3 is 0 Å². The summed E-state index contributed by atoms with van der Waals surface area (Å²) in [4.78, 5) is 8.27. The minimum absolute atomic E-state index is 0.879. The molecule has 3 heteroatoms. The predicted octanol–water partition coefficient (Wildman–Crippen LogP) is 2.76. The lowest BCUT2D eigenvalue weighted by atomic mass is 10.1. The van der Waals surface area contributed by atoms with Gasteiger partial charge in [-0.2, -0.15) is 0 Å². The zero-order valence-electron chi connectivity index (χ0n) is 9.00. The number of aromatic nitrogens is 2. The van der Waals surface area contributed by atoms with Crippen molar-refractivity contribution in [3.05, 3.63) is 54.7 Å². The molecule has 16 heavy (non-hydrogen) atoms. The maximum Gasteiger partial charge on any atom is 0.0885 e. The molecule has 0 radical (unpaired) electrons. The predicted molar refractivity (Wildman–Crippen MR) is 63.5 cm³/mol. The van der Waals surface area contributed by atoms with Gasteiger partial charge in [0.05, 0.1) is 25.3 Å². The molecule has 0 aliphatic carbocycles. The van der Waals surface area contributed by atoms with Crippen molar-refractivity contribution in [3.8, 4) is 11.3 Å². The third-order valence-electron chi connectivity index (χ3n) is 2.17. The number of nitrogens with zero attached hydrogens (tertiary/aromatic N) is 2. The van der Waals surface area contributed by atoms with E-state index in [2.05, 4.69) is 9.97 Å². The smallest absolute Gasteiger partial charge is 0.0885 e. The number of hydrogen-bond acceptors (Lipinski definition) is 3. The van der Waals surface area contributed by atoms with E-state index in [0.717, 1.165) is 16.8 Å². The van der Waals surface area contributed by atoms with E-state index in [1.54, 1.807) is 32.0 Å². The summed E-state index contributed by atoms with van der Waals surface area (Å²) in [6.45, 7) is 0. The van der Waals surface area contributed by atoms with Crippen LogP contribution in [0.4, 0.5) is 0 Å². The summed E-state index contributed by atoms with van der Waals surface area (Å²) in [6, 6.07) is 8.05. The van der Waals surface area contributed by atoms with E-state index in [4.69, 9.17) is 4.74 Å². The van der Waals surface area contributed by atoms with Crippen LogP contribution in [0.15, 0.2) is 49.1 Å². The minimum Gasteiger partial charge on any atom is -0.504 e. The Morgan fingerprint density at radius 1 is 1.12 bits per heavy atom. The van der Waals surface area contributed by atoms with E-state index in [0.29, 0.717) is 0 Å². The van der Waals surface area contributed by atoms with Crippen molar-refractivity contribution in [2.75, 3.05) is 7.11 Å². The summed E-state index contributed by atoms with van der Waals surface area (Å²) in [6.07, 6.45) is 8.66. The highest BCUT2D eigenvalue weighted by atomic mass is 16.5. The summed E-state index contributed by atoms with van der Waals surface area (Å²) < 4.78 is 4.86. The number of ether oxygens (including phenoxy) is 1. The second-order valence-electron chi connectivity index (χ2n) is 3.25. The molecule has 0 N–H and O–H groups in total.